The Kier molecular flexibility index (Phi) is 3.16. The van der Waals surface area contributed by atoms with Gasteiger partial charge in [0, 0.05) is 24.5 Å². The highest BCUT2D eigenvalue weighted by Crippen LogP contribution is 2.31. The summed E-state index contributed by atoms with van der Waals surface area (Å²) in [5, 5.41) is 0.690. The summed E-state index contributed by atoms with van der Waals surface area (Å²) >= 11 is 0. The Morgan fingerprint density at radius 1 is 1.43 bits per heavy atom. The minimum Gasteiger partial charge on any atom is -0.468 e. The van der Waals surface area contributed by atoms with Crippen molar-refractivity contribution in [2.45, 2.75) is 13.0 Å². The zero-order valence-electron chi connectivity index (χ0n) is 11.9. The van der Waals surface area contributed by atoms with Gasteiger partial charge < -0.3 is 14.2 Å². The minimum atomic E-state index is -0.444. The number of halogens is 1. The summed E-state index contributed by atoms with van der Waals surface area (Å²) in [6, 6.07) is 4.34. The van der Waals surface area contributed by atoms with E-state index in [1.807, 2.05) is 0 Å². The third kappa shape index (κ3) is 2.07. The highest BCUT2D eigenvalue weighted by molar-refractivity contribution is 6.03. The second kappa shape index (κ2) is 4.87. The van der Waals surface area contributed by atoms with Crippen LogP contribution in [0.5, 0.6) is 0 Å². The van der Waals surface area contributed by atoms with Crippen LogP contribution in [-0.4, -0.2) is 42.0 Å². The normalized spacial score (nSPS) is 14.4. The number of benzene rings is 1. The molecule has 6 heteroatoms. The monoisotopic (exact) mass is 290 g/mol. The van der Waals surface area contributed by atoms with Crippen LogP contribution in [-0.2, 0) is 22.5 Å². The average molecular weight is 290 g/mol. The van der Waals surface area contributed by atoms with E-state index in [1.165, 1.54) is 19.2 Å². The molecule has 1 aliphatic heterocycles. The largest absolute Gasteiger partial charge is 0.468 e. The molecule has 3 rings (SSSR count). The molecule has 1 aromatic heterocycles. The Morgan fingerprint density at radius 2 is 2.19 bits per heavy atom. The molecule has 110 valence electrons. The Labute approximate surface area is 120 Å². The molecule has 0 saturated heterocycles. The van der Waals surface area contributed by atoms with Crippen molar-refractivity contribution in [1.29, 1.82) is 0 Å². The fraction of sp³-hybridized carbons (Fsp3) is 0.333. The number of amides is 1. The van der Waals surface area contributed by atoms with Crippen molar-refractivity contribution < 1.29 is 18.7 Å². The van der Waals surface area contributed by atoms with Gasteiger partial charge in [0.05, 0.1) is 7.11 Å². The predicted octanol–water partition coefficient (Wildman–Crippen LogP) is 1.58. The second-order valence-corrected chi connectivity index (χ2v) is 5.13. The van der Waals surface area contributed by atoms with E-state index in [4.69, 9.17) is 4.74 Å². The Hall–Kier alpha value is -2.37. The number of carbonyl (C=O) groups is 2. The molecule has 1 aromatic carbocycles. The molecular formula is C15H15FN2O3. The first-order valence-electron chi connectivity index (χ1n) is 6.66. The molecule has 0 atom stereocenters. The standard InChI is InChI=1S/C15H15FN2O3/c1-17-6-5-10-11-7-9(16)3-4-12(11)18(8-13(19)21-2)14(10)15(17)20/h3-4,7H,5-6,8H2,1-2H3. The number of nitrogens with zero attached hydrogens (tertiary/aromatic N) is 2. The molecule has 0 radical (unpaired) electrons. The molecule has 0 fully saturated rings. The topological polar surface area (TPSA) is 51.5 Å². The Balaban J connectivity index is 2.28. The van der Waals surface area contributed by atoms with Crippen molar-refractivity contribution >= 4 is 22.8 Å². The van der Waals surface area contributed by atoms with Crippen molar-refractivity contribution in [3.8, 4) is 0 Å². The van der Waals surface area contributed by atoms with Gasteiger partial charge in [0.2, 0.25) is 0 Å². The predicted molar refractivity (Wildman–Crippen MR) is 74.6 cm³/mol. The third-order valence-corrected chi connectivity index (χ3v) is 3.89. The molecule has 0 spiro atoms. The summed E-state index contributed by atoms with van der Waals surface area (Å²) in [4.78, 5) is 25.6. The van der Waals surface area contributed by atoms with E-state index in [1.54, 1.807) is 22.6 Å². The van der Waals surface area contributed by atoms with Crippen LogP contribution >= 0.6 is 0 Å². The molecule has 2 aromatic rings. The maximum Gasteiger partial charge on any atom is 0.325 e. The molecule has 0 bridgehead atoms. The number of likely N-dealkylation sites (N-methyl/N-ethyl adjacent to an activating group) is 1. The first kappa shape index (κ1) is 13.6. The van der Waals surface area contributed by atoms with Crippen LogP contribution in [0.15, 0.2) is 18.2 Å². The van der Waals surface area contributed by atoms with Crippen molar-refractivity contribution in [3.63, 3.8) is 0 Å². The fourth-order valence-corrected chi connectivity index (χ4v) is 2.81. The smallest absolute Gasteiger partial charge is 0.325 e. The molecule has 0 saturated carbocycles. The number of hydrogen-bond acceptors (Lipinski definition) is 3. The molecule has 21 heavy (non-hydrogen) atoms. The van der Waals surface area contributed by atoms with Crippen LogP contribution in [0, 0.1) is 5.82 Å². The molecule has 0 aliphatic carbocycles. The molecule has 1 aliphatic rings. The zero-order chi connectivity index (χ0) is 15.1. The van der Waals surface area contributed by atoms with Crippen LogP contribution < -0.4 is 0 Å². The van der Waals surface area contributed by atoms with E-state index in [2.05, 4.69) is 0 Å². The quantitative estimate of drug-likeness (QED) is 0.789. The van der Waals surface area contributed by atoms with Gasteiger partial charge in [-0.15, -0.1) is 0 Å². The third-order valence-electron chi connectivity index (χ3n) is 3.89. The lowest BCUT2D eigenvalue weighted by Crippen LogP contribution is -2.36. The van der Waals surface area contributed by atoms with E-state index < -0.39 is 5.97 Å². The number of methoxy groups -OCH3 is 1. The first-order valence-corrected chi connectivity index (χ1v) is 6.66. The van der Waals surface area contributed by atoms with Gasteiger partial charge in [0.15, 0.2) is 0 Å². The highest BCUT2D eigenvalue weighted by atomic mass is 19.1. The van der Waals surface area contributed by atoms with Crippen LogP contribution in [0.1, 0.15) is 16.1 Å². The lowest BCUT2D eigenvalue weighted by molar-refractivity contribution is -0.141. The van der Waals surface area contributed by atoms with Crippen LogP contribution in [0.25, 0.3) is 10.9 Å². The van der Waals surface area contributed by atoms with Gasteiger partial charge in [-0.05, 0) is 30.2 Å². The fourth-order valence-electron chi connectivity index (χ4n) is 2.81. The van der Waals surface area contributed by atoms with Gasteiger partial charge in [0.25, 0.3) is 5.91 Å². The number of fused-ring (bicyclic) bond motifs is 3. The van der Waals surface area contributed by atoms with Crippen LogP contribution in [0.2, 0.25) is 0 Å². The maximum absolute atomic E-state index is 13.5. The number of carbonyl (C=O) groups excluding carboxylic acids is 2. The number of esters is 1. The molecular weight excluding hydrogens is 275 g/mol. The molecule has 5 nitrogen and oxygen atoms in total. The van der Waals surface area contributed by atoms with Gasteiger partial charge in [0.1, 0.15) is 18.1 Å². The number of hydrogen-bond donors (Lipinski definition) is 0. The van der Waals surface area contributed by atoms with Crippen molar-refractivity contribution in [3.05, 3.63) is 35.3 Å². The van der Waals surface area contributed by atoms with Crippen LogP contribution in [0.4, 0.5) is 4.39 Å². The maximum atomic E-state index is 13.5. The van der Waals surface area contributed by atoms with Crippen LogP contribution in [0.3, 0.4) is 0 Å². The van der Waals surface area contributed by atoms with E-state index >= 15 is 0 Å². The summed E-state index contributed by atoms with van der Waals surface area (Å²) in [5.41, 5.74) is 1.93. The van der Waals surface area contributed by atoms with Crippen molar-refractivity contribution in [2.24, 2.45) is 0 Å². The Morgan fingerprint density at radius 3 is 2.90 bits per heavy atom. The molecule has 2 heterocycles. The highest BCUT2D eigenvalue weighted by Gasteiger charge is 2.30. The SMILES string of the molecule is COC(=O)Cn1c2c(c3cc(F)ccc31)CCN(C)C2=O. The lowest BCUT2D eigenvalue weighted by Gasteiger charge is -2.24. The number of ether oxygens (including phenoxy) is 1. The van der Waals surface area contributed by atoms with E-state index in [0.717, 1.165) is 5.56 Å². The van der Waals surface area contributed by atoms with Gasteiger partial charge in [-0.2, -0.15) is 0 Å². The zero-order valence-corrected chi connectivity index (χ0v) is 11.9. The van der Waals surface area contributed by atoms with Crippen molar-refractivity contribution in [1.82, 2.24) is 9.47 Å². The lowest BCUT2D eigenvalue weighted by atomic mass is 10.0. The summed E-state index contributed by atoms with van der Waals surface area (Å²) in [6.45, 7) is 0.521. The number of rotatable bonds is 2. The Bertz CT molecular complexity index is 751. The summed E-state index contributed by atoms with van der Waals surface area (Å²) in [7, 11) is 3.01. The van der Waals surface area contributed by atoms with Gasteiger partial charge in [-0.25, -0.2) is 4.39 Å². The van der Waals surface area contributed by atoms with E-state index in [9.17, 15) is 14.0 Å². The average Bonchev–Trinajstić information content (AvgIpc) is 2.77. The van der Waals surface area contributed by atoms with Crippen molar-refractivity contribution in [2.75, 3.05) is 20.7 Å². The van der Waals surface area contributed by atoms with Gasteiger partial charge in [-0.1, -0.05) is 0 Å². The second-order valence-electron chi connectivity index (χ2n) is 5.13. The van der Waals surface area contributed by atoms with E-state index in [-0.39, 0.29) is 18.3 Å². The van der Waals surface area contributed by atoms with Gasteiger partial charge >= 0.3 is 5.97 Å². The first-order chi connectivity index (χ1) is 10.0. The summed E-state index contributed by atoms with van der Waals surface area (Å²) in [6.07, 6.45) is 0.645. The molecule has 0 unspecified atom stereocenters. The molecule has 0 N–H and O–H groups in total. The minimum absolute atomic E-state index is 0.0620. The van der Waals surface area contributed by atoms with Gasteiger partial charge in [-0.3, -0.25) is 9.59 Å². The summed E-state index contributed by atoms with van der Waals surface area (Å²) in [5.74, 6) is -0.955. The molecule has 1 amide bonds. The van der Waals surface area contributed by atoms with E-state index in [0.29, 0.717) is 29.6 Å². The summed E-state index contributed by atoms with van der Waals surface area (Å²) < 4.78 is 19.8. The number of aromatic nitrogens is 1.